The van der Waals surface area contributed by atoms with Crippen LogP contribution < -0.4 is 15.2 Å². The number of hydrogen-bond donors (Lipinski definition) is 1. The number of benzene rings is 4. The van der Waals surface area contributed by atoms with E-state index >= 15 is 0 Å². The quantitative estimate of drug-likeness (QED) is 0.271. The van der Waals surface area contributed by atoms with Crippen LogP contribution in [0.4, 0.5) is 0 Å². The molecule has 0 amide bonds. The first-order valence-electron chi connectivity index (χ1n) is 12.1. The van der Waals surface area contributed by atoms with Crippen LogP contribution in [0.25, 0.3) is 22.2 Å². The number of aromatic nitrogens is 2. The summed E-state index contributed by atoms with van der Waals surface area (Å²) in [6.07, 6.45) is 0. The van der Waals surface area contributed by atoms with Crippen LogP contribution in [0.5, 0.6) is 11.5 Å². The lowest BCUT2D eigenvalue weighted by molar-refractivity contribution is 0.103. The number of rotatable bonds is 8. The van der Waals surface area contributed by atoms with Crippen LogP contribution in [0.15, 0.2) is 84.9 Å². The molecular weight excluding hydrogens is 486 g/mol. The molecule has 1 aromatic heterocycles. The zero-order valence-corrected chi connectivity index (χ0v) is 20.7. The van der Waals surface area contributed by atoms with E-state index in [1.54, 1.807) is 12.1 Å². The van der Waals surface area contributed by atoms with Crippen LogP contribution >= 0.6 is 11.6 Å². The average Bonchev–Trinajstić information content (AvgIpc) is 3.29. The summed E-state index contributed by atoms with van der Waals surface area (Å²) in [5.74, 6) is 0.811. The van der Waals surface area contributed by atoms with Gasteiger partial charge < -0.3 is 15.2 Å². The van der Waals surface area contributed by atoms with Gasteiger partial charge in [0, 0.05) is 11.9 Å². The zero-order valence-electron chi connectivity index (χ0n) is 20.0. The molecule has 0 saturated carbocycles. The summed E-state index contributed by atoms with van der Waals surface area (Å²) in [4.78, 5) is 14.1. The van der Waals surface area contributed by atoms with E-state index in [0.29, 0.717) is 70.6 Å². The largest absolute Gasteiger partial charge is 0.488 e. The Hall–Kier alpha value is -4.13. The number of carbonyl (C=O) groups is 1. The van der Waals surface area contributed by atoms with E-state index in [4.69, 9.17) is 31.9 Å². The number of halogens is 1. The van der Waals surface area contributed by atoms with Crippen molar-refractivity contribution in [2.45, 2.75) is 19.8 Å². The van der Waals surface area contributed by atoms with E-state index in [0.717, 1.165) is 16.6 Å². The summed E-state index contributed by atoms with van der Waals surface area (Å²) in [6.45, 7) is 1.58. The molecule has 0 saturated heterocycles. The molecule has 2 N–H and O–H groups in total. The van der Waals surface area contributed by atoms with Crippen LogP contribution in [-0.4, -0.2) is 22.1 Å². The molecule has 4 aromatic carbocycles. The molecule has 7 heteroatoms. The molecule has 1 aliphatic carbocycles. The predicted octanol–water partition coefficient (Wildman–Crippen LogP) is 6.02. The Bertz CT molecular complexity index is 1610. The number of ketones is 1. The molecule has 1 aliphatic rings. The van der Waals surface area contributed by atoms with Crippen molar-refractivity contribution in [1.82, 2.24) is 9.78 Å². The van der Waals surface area contributed by atoms with Crippen molar-refractivity contribution >= 4 is 28.3 Å². The lowest BCUT2D eigenvalue weighted by Gasteiger charge is -2.22. The third kappa shape index (κ3) is 4.14. The molecule has 37 heavy (non-hydrogen) atoms. The Kier molecular flexibility index (Phi) is 6.12. The van der Waals surface area contributed by atoms with Crippen LogP contribution in [0.3, 0.4) is 0 Å². The van der Waals surface area contributed by atoms with Crippen molar-refractivity contribution in [3.8, 4) is 22.8 Å². The fraction of sp³-hybridized carbons (Fsp3) is 0.133. The van der Waals surface area contributed by atoms with Crippen molar-refractivity contribution in [1.29, 1.82) is 0 Å². The zero-order chi connectivity index (χ0) is 25.4. The topological polar surface area (TPSA) is 79.4 Å². The van der Waals surface area contributed by atoms with Crippen LogP contribution in [0, 0.1) is 0 Å². The van der Waals surface area contributed by atoms with Gasteiger partial charge in [-0.2, -0.15) is 5.10 Å². The van der Waals surface area contributed by atoms with E-state index in [1.165, 1.54) is 0 Å². The van der Waals surface area contributed by atoms with Crippen LogP contribution in [0.1, 0.15) is 27.0 Å². The first kappa shape index (κ1) is 23.3. The minimum Gasteiger partial charge on any atom is -0.488 e. The molecule has 1 heterocycles. The SMILES string of the molecule is NCCn1nc2c3c(c(Cl)ccc31)C(=O)c1c(OCc3ccccc3)ccc(OCc3ccccc3)c1-2. The highest BCUT2D eigenvalue weighted by atomic mass is 35.5. The number of fused-ring (bicyclic) bond motifs is 2. The average molecular weight is 510 g/mol. The standard InChI is InChI=1S/C30H24ClN3O3/c31-21-11-12-22-26-25(21)30(35)28-24(37-18-20-9-5-2-6-10-20)14-13-23(36-17-19-7-3-1-4-8-19)27(28)29(26)33-34(22)16-15-32/h1-14H,15-18,32H2. The Morgan fingerprint density at radius 1 is 0.757 bits per heavy atom. The van der Waals surface area contributed by atoms with E-state index in [2.05, 4.69) is 0 Å². The molecule has 6 rings (SSSR count). The van der Waals surface area contributed by atoms with E-state index in [9.17, 15) is 4.79 Å². The minimum atomic E-state index is -0.210. The molecule has 0 fully saturated rings. The summed E-state index contributed by atoms with van der Waals surface area (Å²) in [6, 6.07) is 27.0. The number of carbonyl (C=O) groups excluding carboxylic acids is 1. The molecular formula is C30H24ClN3O3. The fourth-order valence-corrected chi connectivity index (χ4v) is 5.04. The first-order chi connectivity index (χ1) is 18.2. The van der Waals surface area contributed by atoms with E-state index in [1.807, 2.05) is 77.5 Å². The number of nitrogens with zero attached hydrogens (tertiary/aromatic N) is 2. The Morgan fingerprint density at radius 3 is 1.95 bits per heavy atom. The van der Waals surface area contributed by atoms with Gasteiger partial charge >= 0.3 is 0 Å². The molecule has 0 radical (unpaired) electrons. The summed E-state index contributed by atoms with van der Waals surface area (Å²) < 4.78 is 14.3. The maximum atomic E-state index is 14.1. The molecule has 0 unspecified atom stereocenters. The van der Waals surface area contributed by atoms with Crippen molar-refractivity contribution in [2.24, 2.45) is 5.73 Å². The van der Waals surface area contributed by atoms with Gasteiger partial charge in [0.1, 0.15) is 30.4 Å². The third-order valence-corrected chi connectivity index (χ3v) is 6.82. The van der Waals surface area contributed by atoms with Crippen LogP contribution in [0.2, 0.25) is 5.02 Å². The molecule has 0 aliphatic heterocycles. The number of hydrogen-bond acceptors (Lipinski definition) is 5. The first-order valence-corrected chi connectivity index (χ1v) is 12.5. The van der Waals surface area contributed by atoms with Crippen LogP contribution in [-0.2, 0) is 19.8 Å². The fourth-order valence-electron chi connectivity index (χ4n) is 4.80. The second-order valence-electron chi connectivity index (χ2n) is 8.87. The Labute approximate surface area is 219 Å². The second kappa shape index (κ2) is 9.73. The van der Waals surface area contributed by atoms with E-state index < -0.39 is 0 Å². The van der Waals surface area contributed by atoms with Gasteiger partial charge in [-0.05, 0) is 35.4 Å². The summed E-state index contributed by atoms with van der Waals surface area (Å²) in [7, 11) is 0. The van der Waals surface area contributed by atoms with Gasteiger partial charge in [0.25, 0.3) is 0 Å². The minimum absolute atomic E-state index is 0.210. The molecule has 5 aromatic rings. The Morgan fingerprint density at radius 2 is 1.35 bits per heavy atom. The summed E-state index contributed by atoms with van der Waals surface area (Å²) >= 11 is 6.61. The summed E-state index contributed by atoms with van der Waals surface area (Å²) in [5.41, 5.74) is 10.8. The van der Waals surface area contributed by atoms with Crippen molar-refractivity contribution < 1.29 is 14.3 Å². The van der Waals surface area contributed by atoms with Gasteiger partial charge in [0.15, 0.2) is 5.78 Å². The highest BCUT2D eigenvalue weighted by Crippen LogP contribution is 2.48. The molecule has 6 nitrogen and oxygen atoms in total. The van der Waals surface area contributed by atoms with Crippen molar-refractivity contribution in [2.75, 3.05) is 6.54 Å². The van der Waals surface area contributed by atoms with Gasteiger partial charge in [-0.3, -0.25) is 9.48 Å². The second-order valence-corrected chi connectivity index (χ2v) is 9.27. The Balaban J connectivity index is 1.52. The van der Waals surface area contributed by atoms with Gasteiger partial charge in [-0.25, -0.2) is 0 Å². The third-order valence-electron chi connectivity index (χ3n) is 6.50. The lowest BCUT2D eigenvalue weighted by atomic mass is 9.86. The van der Waals surface area contributed by atoms with E-state index in [-0.39, 0.29) is 5.78 Å². The monoisotopic (exact) mass is 509 g/mol. The van der Waals surface area contributed by atoms with Gasteiger partial charge in [-0.15, -0.1) is 0 Å². The van der Waals surface area contributed by atoms with Crippen molar-refractivity contribution in [3.05, 3.63) is 112 Å². The predicted molar refractivity (Wildman–Crippen MR) is 144 cm³/mol. The maximum Gasteiger partial charge on any atom is 0.199 e. The van der Waals surface area contributed by atoms with Gasteiger partial charge in [0.2, 0.25) is 0 Å². The lowest BCUT2D eigenvalue weighted by Crippen LogP contribution is -2.14. The smallest absolute Gasteiger partial charge is 0.199 e. The number of nitrogens with two attached hydrogens (primary N) is 1. The molecule has 0 bridgehead atoms. The molecule has 0 atom stereocenters. The molecule has 184 valence electrons. The van der Waals surface area contributed by atoms with Gasteiger partial charge in [0.05, 0.1) is 33.8 Å². The van der Waals surface area contributed by atoms with Gasteiger partial charge in [-0.1, -0.05) is 72.3 Å². The number of ether oxygens (including phenoxy) is 2. The molecule has 0 spiro atoms. The highest BCUT2D eigenvalue weighted by molar-refractivity contribution is 6.39. The normalized spacial score (nSPS) is 12.0. The maximum absolute atomic E-state index is 14.1. The highest BCUT2D eigenvalue weighted by Gasteiger charge is 2.35. The summed E-state index contributed by atoms with van der Waals surface area (Å²) in [5, 5.41) is 5.98. The van der Waals surface area contributed by atoms with Crippen molar-refractivity contribution in [3.63, 3.8) is 0 Å².